The monoisotopic (exact) mass is 492 g/mol. The number of benzene rings is 2. The lowest BCUT2D eigenvalue weighted by Crippen LogP contribution is -2.40. The highest BCUT2D eigenvalue weighted by Gasteiger charge is 2.35. The third kappa shape index (κ3) is 5.56. The number of nitrogens with one attached hydrogen (secondary N) is 1. The van der Waals surface area contributed by atoms with Crippen LogP contribution in [0.25, 0.3) is 0 Å². The second-order valence-corrected chi connectivity index (χ2v) is 8.15. The number of anilines is 2. The number of ether oxygens (including phenoxy) is 3. The number of rotatable bonds is 5. The zero-order valence-electron chi connectivity index (χ0n) is 18.8. The summed E-state index contributed by atoms with van der Waals surface area (Å²) in [5.41, 5.74) is 0.366. The Morgan fingerprint density at radius 2 is 1.86 bits per heavy atom. The lowest BCUT2D eigenvalue weighted by molar-refractivity contribution is -0.162. The van der Waals surface area contributed by atoms with Gasteiger partial charge in [-0.3, -0.25) is 4.79 Å². The summed E-state index contributed by atoms with van der Waals surface area (Å²) >= 11 is 0. The molecular formula is C24H23F3N2O6. The molecule has 2 aromatic rings. The van der Waals surface area contributed by atoms with Gasteiger partial charge in [-0.05, 0) is 36.8 Å². The van der Waals surface area contributed by atoms with Crippen molar-refractivity contribution in [3.05, 3.63) is 59.2 Å². The molecule has 1 amide bonds. The van der Waals surface area contributed by atoms with Crippen molar-refractivity contribution in [1.82, 2.24) is 0 Å². The number of amides is 1. The summed E-state index contributed by atoms with van der Waals surface area (Å²) in [6.07, 6.45) is -7.11. The van der Waals surface area contributed by atoms with E-state index in [4.69, 9.17) is 14.2 Å². The van der Waals surface area contributed by atoms with Crippen molar-refractivity contribution >= 4 is 29.2 Å². The Bertz CT molecular complexity index is 1130. The van der Waals surface area contributed by atoms with Crippen LogP contribution in [0.2, 0.25) is 0 Å². The van der Waals surface area contributed by atoms with Gasteiger partial charge in [-0.15, -0.1) is 0 Å². The highest BCUT2D eigenvalue weighted by Crippen LogP contribution is 2.36. The predicted octanol–water partition coefficient (Wildman–Crippen LogP) is 3.19. The number of fused-ring (bicyclic) bond motifs is 1. The molecule has 1 saturated heterocycles. The van der Waals surface area contributed by atoms with Crippen molar-refractivity contribution in [2.75, 3.05) is 36.5 Å². The molecule has 0 aliphatic carbocycles. The maximum Gasteiger partial charge on any atom is 0.416 e. The van der Waals surface area contributed by atoms with E-state index in [0.717, 1.165) is 12.1 Å². The lowest BCUT2D eigenvalue weighted by Gasteiger charge is -2.31. The van der Waals surface area contributed by atoms with Crippen molar-refractivity contribution in [2.45, 2.75) is 31.7 Å². The molecule has 0 unspecified atom stereocenters. The van der Waals surface area contributed by atoms with Crippen LogP contribution in [-0.2, 0) is 36.4 Å². The smallest absolute Gasteiger partial charge is 0.416 e. The van der Waals surface area contributed by atoms with E-state index in [-0.39, 0.29) is 12.1 Å². The third-order valence-corrected chi connectivity index (χ3v) is 5.75. The first-order valence-corrected chi connectivity index (χ1v) is 11.0. The van der Waals surface area contributed by atoms with E-state index in [1.807, 2.05) is 0 Å². The number of hydrogen-bond donors (Lipinski definition) is 1. The molecule has 2 heterocycles. The molecule has 2 atom stereocenters. The molecule has 2 aliphatic rings. The van der Waals surface area contributed by atoms with Gasteiger partial charge in [-0.2, -0.15) is 13.2 Å². The molecule has 8 nitrogen and oxygen atoms in total. The lowest BCUT2D eigenvalue weighted by atomic mass is 9.99. The van der Waals surface area contributed by atoms with Crippen LogP contribution in [0.5, 0.6) is 0 Å². The highest BCUT2D eigenvalue weighted by atomic mass is 19.4. The minimum absolute atomic E-state index is 0.0624. The van der Waals surface area contributed by atoms with Gasteiger partial charge in [-0.25, -0.2) is 9.59 Å². The van der Waals surface area contributed by atoms with Gasteiger partial charge >= 0.3 is 18.1 Å². The van der Waals surface area contributed by atoms with Crippen molar-refractivity contribution in [2.24, 2.45) is 0 Å². The molecule has 2 aromatic carbocycles. The zero-order chi connectivity index (χ0) is 25.2. The second-order valence-electron chi connectivity index (χ2n) is 8.15. The summed E-state index contributed by atoms with van der Waals surface area (Å²) in [4.78, 5) is 39.3. The third-order valence-electron chi connectivity index (χ3n) is 5.75. The van der Waals surface area contributed by atoms with Crippen LogP contribution in [0, 0.1) is 0 Å². The first kappa shape index (κ1) is 24.5. The minimum Gasteiger partial charge on any atom is -0.450 e. The summed E-state index contributed by atoms with van der Waals surface area (Å²) in [5, 5.41) is 2.45. The number of alkyl halides is 3. The molecule has 0 aromatic heterocycles. The van der Waals surface area contributed by atoms with Gasteiger partial charge in [0.05, 0.1) is 35.7 Å². The number of nitrogens with zero attached hydrogens (tertiary/aromatic N) is 1. The van der Waals surface area contributed by atoms with Crippen molar-refractivity contribution in [1.29, 1.82) is 0 Å². The minimum atomic E-state index is -4.61. The van der Waals surface area contributed by atoms with Crippen molar-refractivity contribution in [3.63, 3.8) is 0 Å². The topological polar surface area (TPSA) is 94.2 Å². The molecule has 4 rings (SSSR count). The number of carbonyl (C=O) groups is 3. The molecule has 186 valence electrons. The molecule has 35 heavy (non-hydrogen) atoms. The maximum absolute atomic E-state index is 13.3. The van der Waals surface area contributed by atoms with E-state index in [9.17, 15) is 27.6 Å². The highest BCUT2D eigenvalue weighted by molar-refractivity contribution is 5.99. The maximum atomic E-state index is 13.3. The summed E-state index contributed by atoms with van der Waals surface area (Å²) < 4.78 is 55.5. The summed E-state index contributed by atoms with van der Waals surface area (Å²) in [5.74, 6) is -2.42. The number of carbonyl (C=O) groups excluding carboxylic acids is 3. The van der Waals surface area contributed by atoms with E-state index < -0.39 is 41.8 Å². The normalized spacial score (nSPS) is 18.8. The standard InChI is InChI=1S/C24H23F3N2O6/c1-14(34-23(32)20-12-15-4-2-3-5-17(15)22(31)35-20)21(30)28-18-13-16(24(25,26)27)6-7-19(18)29-8-10-33-11-9-29/h2-7,13-14,20H,8-12H2,1H3,(H,28,30)/t14-,20+/m1/s1. The summed E-state index contributed by atoms with van der Waals surface area (Å²) in [6.45, 7) is 2.95. The van der Waals surface area contributed by atoms with Gasteiger partial charge in [-0.1, -0.05) is 18.2 Å². The molecule has 1 fully saturated rings. The number of esters is 2. The molecule has 0 radical (unpaired) electrons. The Balaban J connectivity index is 1.47. The Morgan fingerprint density at radius 3 is 2.57 bits per heavy atom. The Kier molecular flexibility index (Phi) is 6.97. The molecule has 0 saturated carbocycles. The number of hydrogen-bond acceptors (Lipinski definition) is 7. The number of morpholine rings is 1. The summed E-state index contributed by atoms with van der Waals surface area (Å²) in [7, 11) is 0. The SMILES string of the molecule is C[C@@H](OC(=O)[C@@H]1Cc2ccccc2C(=O)O1)C(=O)Nc1cc(C(F)(F)F)ccc1N1CCOCC1. The average Bonchev–Trinajstić information content (AvgIpc) is 2.84. The van der Waals surface area contributed by atoms with Crippen LogP contribution in [0.4, 0.5) is 24.5 Å². The molecule has 2 aliphatic heterocycles. The number of halogens is 3. The molecule has 1 N–H and O–H groups in total. The zero-order valence-corrected chi connectivity index (χ0v) is 18.8. The van der Waals surface area contributed by atoms with E-state index in [1.165, 1.54) is 13.0 Å². The average molecular weight is 492 g/mol. The fraction of sp³-hybridized carbons (Fsp3) is 0.375. The first-order chi connectivity index (χ1) is 16.6. The van der Waals surface area contributed by atoms with Crippen molar-refractivity contribution in [3.8, 4) is 0 Å². The first-order valence-electron chi connectivity index (χ1n) is 11.0. The van der Waals surface area contributed by atoms with E-state index >= 15 is 0 Å². The quantitative estimate of drug-likeness (QED) is 0.641. The van der Waals surface area contributed by atoms with Gasteiger partial charge in [0, 0.05) is 19.5 Å². The van der Waals surface area contributed by atoms with E-state index in [0.29, 0.717) is 43.1 Å². The van der Waals surface area contributed by atoms with Gasteiger partial charge in [0.25, 0.3) is 5.91 Å². The largest absolute Gasteiger partial charge is 0.450 e. The Labute approximate surface area is 198 Å². The second kappa shape index (κ2) is 9.95. The van der Waals surface area contributed by atoms with Gasteiger partial charge in [0.15, 0.2) is 6.10 Å². The Hall–Kier alpha value is -3.60. The fourth-order valence-corrected chi connectivity index (χ4v) is 3.89. The van der Waals surface area contributed by atoms with Crippen molar-refractivity contribution < 1.29 is 41.8 Å². The molecular weight excluding hydrogens is 469 g/mol. The van der Waals surface area contributed by atoms with E-state index in [2.05, 4.69) is 5.32 Å². The predicted molar refractivity (Wildman–Crippen MR) is 118 cm³/mol. The van der Waals surface area contributed by atoms with Crippen LogP contribution in [0.1, 0.15) is 28.4 Å². The van der Waals surface area contributed by atoms with Gasteiger partial charge < -0.3 is 24.4 Å². The van der Waals surface area contributed by atoms with Gasteiger partial charge in [0.2, 0.25) is 6.10 Å². The van der Waals surface area contributed by atoms with Crippen LogP contribution in [0.15, 0.2) is 42.5 Å². The Morgan fingerprint density at radius 1 is 1.14 bits per heavy atom. The van der Waals surface area contributed by atoms with Crippen LogP contribution < -0.4 is 10.2 Å². The van der Waals surface area contributed by atoms with E-state index in [1.54, 1.807) is 29.2 Å². The molecule has 0 spiro atoms. The van der Waals surface area contributed by atoms with Crippen LogP contribution in [-0.4, -0.2) is 56.4 Å². The fourth-order valence-electron chi connectivity index (χ4n) is 3.89. The van der Waals surface area contributed by atoms with Crippen LogP contribution in [0.3, 0.4) is 0 Å². The number of cyclic esters (lactones) is 1. The molecule has 0 bridgehead atoms. The van der Waals surface area contributed by atoms with Gasteiger partial charge in [0.1, 0.15) is 0 Å². The summed E-state index contributed by atoms with van der Waals surface area (Å²) in [6, 6.07) is 9.74. The van der Waals surface area contributed by atoms with Crippen LogP contribution >= 0.6 is 0 Å². The molecule has 11 heteroatoms.